The van der Waals surface area contributed by atoms with E-state index in [0.29, 0.717) is 5.13 Å². The van der Waals surface area contributed by atoms with Crippen LogP contribution in [0.2, 0.25) is 0 Å². The molecule has 196 valence electrons. The average Bonchev–Trinajstić information content (AvgIpc) is 3.55. The maximum Gasteiger partial charge on any atom is 0.231 e. The van der Waals surface area contributed by atoms with Crippen molar-refractivity contribution < 1.29 is 0 Å². The van der Waals surface area contributed by atoms with E-state index in [2.05, 4.69) is 105 Å². The van der Waals surface area contributed by atoms with Gasteiger partial charge < -0.3 is 4.90 Å². The number of benzene rings is 4. The molecule has 6 rings (SSSR count). The number of aryl methyl sites for hydroxylation is 1. The summed E-state index contributed by atoms with van der Waals surface area (Å²) in [6.45, 7) is 2.87. The first kappa shape index (κ1) is 25.7. The maximum absolute atomic E-state index is 4.60. The molecule has 0 saturated heterocycles. The largest absolute Gasteiger partial charge is 0.370 e. The van der Waals surface area contributed by atoms with Gasteiger partial charge in [-0.25, -0.2) is 4.98 Å². The van der Waals surface area contributed by atoms with Crippen LogP contribution in [0.15, 0.2) is 130 Å². The molecule has 0 spiro atoms. The Balaban J connectivity index is 1.06. The van der Waals surface area contributed by atoms with Crippen LogP contribution in [0.1, 0.15) is 11.1 Å². The van der Waals surface area contributed by atoms with Gasteiger partial charge in [0.25, 0.3) is 0 Å². The van der Waals surface area contributed by atoms with Crippen LogP contribution in [-0.4, -0.2) is 12.0 Å². The highest BCUT2D eigenvalue weighted by atomic mass is 32.1. The molecule has 2 heterocycles. The Labute approximate surface area is 241 Å². The van der Waals surface area contributed by atoms with Gasteiger partial charge >= 0.3 is 0 Å². The highest BCUT2D eigenvalue weighted by molar-refractivity contribution is 7.30. The number of fused-ring (bicyclic) bond motifs is 1. The van der Waals surface area contributed by atoms with Crippen LogP contribution in [0.5, 0.6) is 0 Å². The van der Waals surface area contributed by atoms with Crippen LogP contribution in [0.3, 0.4) is 0 Å². The molecule has 0 amide bonds. The Bertz CT molecular complexity index is 1740. The highest BCUT2D eigenvalue weighted by Crippen LogP contribution is 2.39. The van der Waals surface area contributed by atoms with Crippen LogP contribution in [0.25, 0.3) is 20.7 Å². The van der Waals surface area contributed by atoms with Crippen LogP contribution in [-0.2, 0) is 6.54 Å². The summed E-state index contributed by atoms with van der Waals surface area (Å²) in [6.07, 6.45) is 0. The van der Waals surface area contributed by atoms with Gasteiger partial charge in [0.2, 0.25) is 5.13 Å². The Morgan fingerprint density at radius 2 is 1.32 bits per heavy atom. The number of hydrogen-bond donors (Lipinski definition) is 0. The number of hydrogen-bond acceptors (Lipinski definition) is 8. The third-order valence-electron chi connectivity index (χ3n) is 6.39. The van der Waals surface area contributed by atoms with Crippen molar-refractivity contribution in [2.45, 2.75) is 13.5 Å². The zero-order valence-corrected chi connectivity index (χ0v) is 23.7. The van der Waals surface area contributed by atoms with E-state index in [1.54, 1.807) is 0 Å². The van der Waals surface area contributed by atoms with E-state index in [1.165, 1.54) is 44.9 Å². The second-order valence-corrected chi connectivity index (χ2v) is 11.4. The summed E-state index contributed by atoms with van der Waals surface area (Å²) in [6, 6.07) is 37.2. The van der Waals surface area contributed by atoms with Crippen molar-refractivity contribution in [2.24, 2.45) is 20.5 Å². The molecule has 0 radical (unpaired) electrons. The number of anilines is 1. The summed E-state index contributed by atoms with van der Waals surface area (Å²) in [7, 11) is 2.10. The summed E-state index contributed by atoms with van der Waals surface area (Å²) in [5.74, 6) is 0. The third kappa shape index (κ3) is 6.20. The average molecular weight is 559 g/mol. The summed E-state index contributed by atoms with van der Waals surface area (Å²) < 4.78 is 1.03. The molecule has 0 atom stereocenters. The molecule has 8 heteroatoms. The second kappa shape index (κ2) is 11.7. The van der Waals surface area contributed by atoms with Crippen LogP contribution >= 0.6 is 22.7 Å². The van der Waals surface area contributed by atoms with Gasteiger partial charge in [-0.2, -0.15) is 0 Å². The molecule has 40 heavy (non-hydrogen) atoms. The summed E-state index contributed by atoms with van der Waals surface area (Å²) >= 11 is 3.00. The molecule has 0 bridgehead atoms. The van der Waals surface area contributed by atoms with Crippen molar-refractivity contribution in [3.05, 3.63) is 120 Å². The molecule has 2 aromatic heterocycles. The van der Waals surface area contributed by atoms with E-state index >= 15 is 0 Å². The minimum atomic E-state index is 0.628. The molecule has 4 aromatic carbocycles. The van der Waals surface area contributed by atoms with Crippen LogP contribution in [0, 0.1) is 6.92 Å². The predicted octanol–water partition coefficient (Wildman–Crippen LogP) is 10.8. The molecule has 0 aliphatic rings. The lowest BCUT2D eigenvalue weighted by atomic mass is 10.0. The fraction of sp³-hybridized carbons (Fsp3) is 0.0938. The second-order valence-electron chi connectivity index (χ2n) is 9.42. The lowest BCUT2D eigenvalue weighted by molar-refractivity contribution is 0.923. The van der Waals surface area contributed by atoms with E-state index in [-0.39, 0.29) is 0 Å². The monoisotopic (exact) mass is 558 g/mol. The van der Waals surface area contributed by atoms with Crippen molar-refractivity contribution >= 4 is 59.4 Å². The smallest absolute Gasteiger partial charge is 0.231 e. The summed E-state index contributed by atoms with van der Waals surface area (Å²) in [5.41, 5.74) is 7.66. The number of nitrogens with zero attached hydrogens (tertiary/aromatic N) is 6. The van der Waals surface area contributed by atoms with Crippen LogP contribution < -0.4 is 4.90 Å². The first-order valence-corrected chi connectivity index (χ1v) is 14.5. The van der Waals surface area contributed by atoms with Gasteiger partial charge in [0.05, 0.1) is 16.1 Å². The number of rotatable bonds is 8. The van der Waals surface area contributed by atoms with E-state index in [1.807, 2.05) is 48.5 Å². The van der Waals surface area contributed by atoms with Gasteiger partial charge in [0.15, 0.2) is 0 Å². The Hall–Kier alpha value is -4.53. The molecule has 6 nitrogen and oxygen atoms in total. The predicted molar refractivity (Wildman–Crippen MR) is 167 cm³/mol. The Kier molecular flexibility index (Phi) is 7.52. The van der Waals surface area contributed by atoms with E-state index in [4.69, 9.17) is 0 Å². The topological polar surface area (TPSA) is 65.6 Å². The van der Waals surface area contributed by atoms with E-state index in [9.17, 15) is 0 Å². The van der Waals surface area contributed by atoms with Gasteiger partial charge in [0.1, 0.15) is 9.83 Å². The fourth-order valence-electron chi connectivity index (χ4n) is 4.19. The van der Waals surface area contributed by atoms with Gasteiger partial charge in [-0.15, -0.1) is 20.5 Å². The minimum Gasteiger partial charge on any atom is -0.370 e. The number of thiazole rings is 1. The van der Waals surface area contributed by atoms with Gasteiger partial charge in [-0.05, 0) is 66.1 Å². The van der Waals surface area contributed by atoms with Crippen molar-refractivity contribution in [3.8, 4) is 11.1 Å². The molecular weight excluding hydrogens is 533 g/mol. The maximum atomic E-state index is 4.60. The van der Waals surface area contributed by atoms with Crippen LogP contribution in [0.4, 0.5) is 27.2 Å². The number of thiophene rings is 1. The van der Waals surface area contributed by atoms with E-state index in [0.717, 1.165) is 38.1 Å². The van der Waals surface area contributed by atoms with Gasteiger partial charge in [-0.1, -0.05) is 95.0 Å². The normalized spacial score (nSPS) is 11.7. The van der Waals surface area contributed by atoms with Crippen molar-refractivity contribution in [1.29, 1.82) is 0 Å². The standard InChI is InChI=1S/C32H26N6S2/c1-22-8-14-26(15-9-22)34-36-30-20-29-31(40-30)33-32(39-29)37-35-27-16-18-28(19-17-27)38(2)21-23-10-12-25(13-11-23)24-6-4-3-5-7-24/h3-20H,21H2,1-2H3. The third-order valence-corrected chi connectivity index (χ3v) is 8.31. The fourth-order valence-corrected chi connectivity index (χ4v) is 6.04. The zero-order chi connectivity index (χ0) is 27.3. The number of azo groups is 2. The zero-order valence-electron chi connectivity index (χ0n) is 22.1. The minimum absolute atomic E-state index is 0.628. The summed E-state index contributed by atoms with van der Waals surface area (Å²) in [5, 5.41) is 18.9. The van der Waals surface area contributed by atoms with E-state index < -0.39 is 0 Å². The molecule has 0 aliphatic heterocycles. The molecular formula is C32H26N6S2. The Morgan fingerprint density at radius 3 is 2.02 bits per heavy atom. The molecule has 0 unspecified atom stereocenters. The Morgan fingerprint density at radius 1 is 0.675 bits per heavy atom. The first-order valence-electron chi connectivity index (χ1n) is 12.9. The van der Waals surface area contributed by atoms with Crippen molar-refractivity contribution in [3.63, 3.8) is 0 Å². The molecule has 0 aliphatic carbocycles. The van der Waals surface area contributed by atoms with Crippen molar-refractivity contribution in [2.75, 3.05) is 11.9 Å². The molecule has 0 N–H and O–H groups in total. The highest BCUT2D eigenvalue weighted by Gasteiger charge is 2.09. The van der Waals surface area contributed by atoms with Gasteiger partial charge in [0, 0.05) is 19.3 Å². The lowest BCUT2D eigenvalue weighted by Gasteiger charge is -2.19. The SMILES string of the molecule is Cc1ccc(N=Nc2cc3sc(N=Nc4ccc(N(C)Cc5ccc(-c6ccccc6)cc5)cc4)nc3s2)cc1. The first-order chi connectivity index (χ1) is 19.6. The van der Waals surface area contributed by atoms with Gasteiger partial charge in [-0.3, -0.25) is 0 Å². The molecule has 0 saturated carbocycles. The molecule has 6 aromatic rings. The van der Waals surface area contributed by atoms with Crippen molar-refractivity contribution in [1.82, 2.24) is 4.98 Å². The quantitative estimate of drug-likeness (QED) is 0.174. The lowest BCUT2D eigenvalue weighted by Crippen LogP contribution is -2.15. The molecule has 0 fully saturated rings. The summed E-state index contributed by atoms with van der Waals surface area (Å²) in [4.78, 5) is 7.72. The number of aromatic nitrogens is 1.